The number of nitrogens with one attached hydrogen (secondary N) is 1. The lowest BCUT2D eigenvalue weighted by Crippen LogP contribution is -2.40. The summed E-state index contributed by atoms with van der Waals surface area (Å²) in [5.74, 6) is 0.323. The number of nitrogens with zero attached hydrogens (tertiary/aromatic N) is 3. The maximum Gasteiger partial charge on any atom is 0.274 e. The third kappa shape index (κ3) is 3.73. The predicted octanol–water partition coefficient (Wildman–Crippen LogP) is 2.99. The Hall–Kier alpha value is -1.92. The molecule has 1 amide bonds. The van der Waals surface area contributed by atoms with Crippen molar-refractivity contribution in [2.24, 2.45) is 5.92 Å². The number of fused-ring (bicyclic) bond motifs is 1. The first-order valence-electron chi connectivity index (χ1n) is 9.48. The Kier molecular flexibility index (Phi) is 6.17. The van der Waals surface area contributed by atoms with Crippen LogP contribution in [0.5, 0.6) is 0 Å². The lowest BCUT2D eigenvalue weighted by Gasteiger charge is -2.31. The van der Waals surface area contributed by atoms with Crippen LogP contribution in [0, 0.1) is 11.7 Å². The summed E-state index contributed by atoms with van der Waals surface area (Å²) in [6, 6.07) is 6.63. The van der Waals surface area contributed by atoms with Gasteiger partial charge < -0.3 is 10.2 Å². The van der Waals surface area contributed by atoms with E-state index in [1.54, 1.807) is 22.9 Å². The summed E-state index contributed by atoms with van der Waals surface area (Å²) in [5.41, 5.74) is 2.95. The summed E-state index contributed by atoms with van der Waals surface area (Å²) < 4.78 is 15.9. The number of hydrogen-bond acceptors (Lipinski definition) is 3. The molecule has 0 saturated carbocycles. The molecule has 27 heavy (non-hydrogen) atoms. The molecule has 1 N–H and O–H groups in total. The highest BCUT2D eigenvalue weighted by Crippen LogP contribution is 2.30. The van der Waals surface area contributed by atoms with Gasteiger partial charge in [-0.05, 0) is 63.7 Å². The van der Waals surface area contributed by atoms with Crippen LogP contribution in [-0.2, 0) is 12.8 Å². The van der Waals surface area contributed by atoms with Crippen molar-refractivity contribution in [3.05, 3.63) is 47.0 Å². The molecule has 0 atom stereocenters. The van der Waals surface area contributed by atoms with Gasteiger partial charge in [-0.15, -0.1) is 12.4 Å². The van der Waals surface area contributed by atoms with Gasteiger partial charge >= 0.3 is 0 Å². The highest BCUT2D eigenvalue weighted by Gasteiger charge is 2.31. The Balaban J connectivity index is 0.00000210. The van der Waals surface area contributed by atoms with Gasteiger partial charge in [0.25, 0.3) is 5.91 Å². The molecule has 146 valence electrons. The van der Waals surface area contributed by atoms with E-state index in [0.29, 0.717) is 17.3 Å². The first-order chi connectivity index (χ1) is 12.7. The van der Waals surface area contributed by atoms with Crippen LogP contribution in [0.1, 0.15) is 41.0 Å². The number of halogens is 2. The van der Waals surface area contributed by atoms with Crippen molar-refractivity contribution in [1.29, 1.82) is 0 Å². The molecular formula is C20H26ClFN4O. The molecule has 0 spiro atoms. The van der Waals surface area contributed by atoms with Gasteiger partial charge in [0.1, 0.15) is 11.5 Å². The quantitative estimate of drug-likeness (QED) is 0.870. The first kappa shape index (κ1) is 19.8. The van der Waals surface area contributed by atoms with Gasteiger partial charge in [-0.3, -0.25) is 4.79 Å². The van der Waals surface area contributed by atoms with Crippen LogP contribution in [0.25, 0.3) is 5.69 Å². The lowest BCUT2D eigenvalue weighted by atomic mass is 9.96. The molecule has 2 aliphatic rings. The molecule has 7 heteroatoms. The van der Waals surface area contributed by atoms with Gasteiger partial charge in [-0.1, -0.05) is 12.1 Å². The van der Waals surface area contributed by atoms with Crippen LogP contribution in [0.4, 0.5) is 4.39 Å². The van der Waals surface area contributed by atoms with E-state index in [1.807, 2.05) is 11.9 Å². The van der Waals surface area contributed by atoms with Crippen LogP contribution in [0.3, 0.4) is 0 Å². The van der Waals surface area contributed by atoms with E-state index in [1.165, 1.54) is 6.07 Å². The molecule has 0 bridgehead atoms. The van der Waals surface area contributed by atoms with Gasteiger partial charge in [0.2, 0.25) is 0 Å². The van der Waals surface area contributed by atoms with Crippen molar-refractivity contribution < 1.29 is 9.18 Å². The first-order valence-corrected chi connectivity index (χ1v) is 9.48. The average Bonchev–Trinajstić information content (AvgIpc) is 3.25. The fourth-order valence-electron chi connectivity index (χ4n) is 4.21. The number of likely N-dealkylation sites (tertiary alicyclic amines) is 1. The number of amides is 1. The molecule has 1 aliphatic carbocycles. The van der Waals surface area contributed by atoms with Crippen molar-refractivity contribution in [3.63, 3.8) is 0 Å². The number of piperidine rings is 1. The molecular weight excluding hydrogens is 367 g/mol. The molecule has 4 rings (SSSR count). The van der Waals surface area contributed by atoms with Crippen LogP contribution >= 0.6 is 12.4 Å². The molecule has 1 aromatic heterocycles. The minimum absolute atomic E-state index is 0. The van der Waals surface area contributed by atoms with Crippen molar-refractivity contribution in [2.75, 3.05) is 26.7 Å². The topological polar surface area (TPSA) is 50.2 Å². The van der Waals surface area contributed by atoms with Gasteiger partial charge in [-0.2, -0.15) is 5.10 Å². The highest BCUT2D eigenvalue weighted by atomic mass is 35.5. The predicted molar refractivity (Wildman–Crippen MR) is 105 cm³/mol. The van der Waals surface area contributed by atoms with Gasteiger partial charge in [0.15, 0.2) is 5.69 Å². The minimum Gasteiger partial charge on any atom is -0.337 e. The molecule has 5 nitrogen and oxygen atoms in total. The van der Waals surface area contributed by atoms with Crippen molar-refractivity contribution >= 4 is 18.3 Å². The molecule has 0 unspecified atom stereocenters. The molecule has 2 heterocycles. The fourth-order valence-corrected chi connectivity index (χ4v) is 4.21. The highest BCUT2D eigenvalue weighted by molar-refractivity contribution is 5.94. The number of rotatable bonds is 4. The Morgan fingerprint density at radius 1 is 1.26 bits per heavy atom. The molecule has 1 fully saturated rings. The van der Waals surface area contributed by atoms with Crippen molar-refractivity contribution in [1.82, 2.24) is 20.0 Å². The van der Waals surface area contributed by atoms with E-state index in [9.17, 15) is 9.18 Å². The van der Waals surface area contributed by atoms with Crippen LogP contribution in [-0.4, -0.2) is 47.3 Å². The Labute approximate surface area is 165 Å². The van der Waals surface area contributed by atoms with Crippen LogP contribution in [0.2, 0.25) is 0 Å². The smallest absolute Gasteiger partial charge is 0.274 e. The number of benzene rings is 1. The Morgan fingerprint density at radius 2 is 2.00 bits per heavy atom. The SMILES string of the molecule is CNCC1CCN(C(=O)c2nn(-c3ccccc3F)c3c2CCC3)CC1.Cl. The Bertz CT molecular complexity index is 814. The van der Waals surface area contributed by atoms with Crippen molar-refractivity contribution in [3.8, 4) is 5.69 Å². The zero-order chi connectivity index (χ0) is 18.1. The molecule has 2 aromatic rings. The van der Waals surface area contributed by atoms with Crippen molar-refractivity contribution in [2.45, 2.75) is 32.1 Å². The summed E-state index contributed by atoms with van der Waals surface area (Å²) in [6.45, 7) is 2.54. The minimum atomic E-state index is -0.309. The van der Waals surface area contributed by atoms with Gasteiger partial charge in [-0.25, -0.2) is 9.07 Å². The number of para-hydroxylation sites is 1. The van der Waals surface area contributed by atoms with E-state index in [-0.39, 0.29) is 24.1 Å². The monoisotopic (exact) mass is 392 g/mol. The normalized spacial score (nSPS) is 16.9. The van der Waals surface area contributed by atoms with E-state index in [2.05, 4.69) is 10.4 Å². The number of carbonyl (C=O) groups excluding carboxylic acids is 1. The van der Waals surface area contributed by atoms with Gasteiger partial charge in [0.05, 0.1) is 0 Å². The summed E-state index contributed by atoms with van der Waals surface area (Å²) >= 11 is 0. The fraction of sp³-hybridized carbons (Fsp3) is 0.500. The molecule has 1 aromatic carbocycles. The second-order valence-electron chi connectivity index (χ2n) is 7.28. The maximum absolute atomic E-state index is 14.3. The molecule has 0 radical (unpaired) electrons. The average molecular weight is 393 g/mol. The summed E-state index contributed by atoms with van der Waals surface area (Å²) in [4.78, 5) is 15.0. The summed E-state index contributed by atoms with van der Waals surface area (Å²) in [7, 11) is 1.97. The van der Waals surface area contributed by atoms with Gasteiger partial charge in [0, 0.05) is 24.3 Å². The largest absolute Gasteiger partial charge is 0.337 e. The number of hydrogen-bond donors (Lipinski definition) is 1. The molecule has 1 saturated heterocycles. The second kappa shape index (κ2) is 8.40. The van der Waals surface area contributed by atoms with Crippen LogP contribution < -0.4 is 5.32 Å². The van der Waals surface area contributed by atoms with Crippen LogP contribution in [0.15, 0.2) is 24.3 Å². The number of aromatic nitrogens is 2. The number of carbonyl (C=O) groups is 1. The third-order valence-corrected chi connectivity index (χ3v) is 5.61. The standard InChI is InChI=1S/C20H25FN4O.ClH/c1-22-13-14-9-11-24(12-10-14)20(26)19-15-5-4-8-17(15)25(23-19)18-7-3-2-6-16(18)21;/h2-3,6-7,14,22H,4-5,8-13H2,1H3;1H. The third-order valence-electron chi connectivity index (χ3n) is 5.61. The zero-order valence-corrected chi connectivity index (χ0v) is 16.4. The second-order valence-corrected chi connectivity index (χ2v) is 7.28. The van der Waals surface area contributed by atoms with E-state index in [4.69, 9.17) is 0 Å². The maximum atomic E-state index is 14.3. The zero-order valence-electron chi connectivity index (χ0n) is 15.6. The van der Waals surface area contributed by atoms with E-state index >= 15 is 0 Å². The Morgan fingerprint density at radius 3 is 2.70 bits per heavy atom. The van der Waals surface area contributed by atoms with E-state index in [0.717, 1.165) is 63.0 Å². The summed E-state index contributed by atoms with van der Waals surface area (Å²) in [5, 5.41) is 7.79. The van der Waals surface area contributed by atoms with E-state index < -0.39 is 0 Å². The molecule has 1 aliphatic heterocycles. The summed E-state index contributed by atoms with van der Waals surface area (Å²) in [6.07, 6.45) is 4.72. The lowest BCUT2D eigenvalue weighted by molar-refractivity contribution is 0.0683.